The van der Waals surface area contributed by atoms with E-state index in [4.69, 9.17) is 5.73 Å². The van der Waals surface area contributed by atoms with Crippen molar-refractivity contribution in [3.05, 3.63) is 16.7 Å². The molecule has 0 radical (unpaired) electrons. The van der Waals surface area contributed by atoms with E-state index in [1.807, 2.05) is 12.3 Å². The van der Waals surface area contributed by atoms with E-state index >= 15 is 0 Å². The summed E-state index contributed by atoms with van der Waals surface area (Å²) < 4.78 is 3.03. The van der Waals surface area contributed by atoms with E-state index < -0.39 is 0 Å². The van der Waals surface area contributed by atoms with E-state index in [0.717, 1.165) is 22.2 Å². The van der Waals surface area contributed by atoms with Gasteiger partial charge in [0.1, 0.15) is 5.52 Å². The third kappa shape index (κ3) is 2.24. The molecule has 102 valence electrons. The Morgan fingerprint density at radius 3 is 2.84 bits per heavy atom. The van der Waals surface area contributed by atoms with Crippen molar-refractivity contribution >= 4 is 33.0 Å². The van der Waals surface area contributed by atoms with E-state index in [1.165, 1.54) is 32.1 Å². The van der Waals surface area contributed by atoms with Crippen molar-refractivity contribution in [2.24, 2.45) is 5.41 Å². The second-order valence-corrected chi connectivity index (χ2v) is 6.53. The monoisotopic (exact) mass is 322 g/mol. The highest BCUT2D eigenvalue weighted by Gasteiger charge is 2.33. The molecule has 0 aromatic carbocycles. The summed E-state index contributed by atoms with van der Waals surface area (Å²) in [6.45, 7) is 3.23. The van der Waals surface area contributed by atoms with Crippen molar-refractivity contribution in [1.29, 1.82) is 0 Å². The third-order valence-electron chi connectivity index (χ3n) is 4.49. The molecule has 19 heavy (non-hydrogen) atoms. The average Bonchev–Trinajstić information content (AvgIpc) is 2.96. The van der Waals surface area contributed by atoms with Gasteiger partial charge in [-0.3, -0.25) is 4.57 Å². The Hall–Kier alpha value is -1.10. The number of nitrogens with two attached hydrogens (primary N) is 1. The first kappa shape index (κ1) is 12.9. The summed E-state index contributed by atoms with van der Waals surface area (Å²) in [5.74, 6) is 0.584. The Balaban J connectivity index is 2.02. The number of halogens is 1. The molecule has 0 atom stereocenters. The Kier molecular flexibility index (Phi) is 3.25. The van der Waals surface area contributed by atoms with Crippen molar-refractivity contribution in [3.8, 4) is 0 Å². The molecule has 2 heterocycles. The summed E-state index contributed by atoms with van der Waals surface area (Å²) in [7, 11) is 0. The summed E-state index contributed by atoms with van der Waals surface area (Å²) >= 11 is 3.43. The molecular weight excluding hydrogens is 304 g/mol. The second-order valence-electron chi connectivity index (χ2n) is 5.61. The summed E-state index contributed by atoms with van der Waals surface area (Å²) in [6, 6.07) is 1.97. The molecule has 0 unspecified atom stereocenters. The fourth-order valence-corrected chi connectivity index (χ4v) is 3.56. The maximum Gasteiger partial charge on any atom is 0.202 e. The van der Waals surface area contributed by atoms with Crippen LogP contribution in [0.15, 0.2) is 16.7 Å². The van der Waals surface area contributed by atoms with Crippen LogP contribution in [0.25, 0.3) is 11.2 Å². The molecule has 1 saturated carbocycles. The zero-order valence-corrected chi connectivity index (χ0v) is 12.8. The lowest BCUT2D eigenvalue weighted by Crippen LogP contribution is -2.23. The molecule has 0 amide bonds. The van der Waals surface area contributed by atoms with Gasteiger partial charge in [-0.15, -0.1) is 0 Å². The first-order chi connectivity index (χ1) is 9.13. The molecule has 0 bridgehead atoms. The highest BCUT2D eigenvalue weighted by molar-refractivity contribution is 9.10. The molecule has 4 nitrogen and oxygen atoms in total. The Labute approximate surface area is 121 Å². The zero-order valence-electron chi connectivity index (χ0n) is 11.2. The number of hydrogen-bond donors (Lipinski definition) is 1. The molecule has 1 fully saturated rings. The predicted octanol–water partition coefficient (Wildman–Crippen LogP) is 3.75. The smallest absolute Gasteiger partial charge is 0.202 e. The zero-order chi connectivity index (χ0) is 13.5. The number of rotatable bonds is 3. The average molecular weight is 323 g/mol. The van der Waals surface area contributed by atoms with Gasteiger partial charge in [-0.1, -0.05) is 19.8 Å². The van der Waals surface area contributed by atoms with E-state index in [2.05, 4.69) is 37.4 Å². The number of imidazole rings is 1. The summed E-state index contributed by atoms with van der Waals surface area (Å²) in [5.41, 5.74) is 8.25. The lowest BCUT2D eigenvalue weighted by molar-refractivity contribution is 0.241. The standard InChI is InChI=1S/C14H19BrN4/c1-2-14(5-3-4-6-14)9-19-12-11(18-13(19)16)7-10(15)8-17-12/h7-8H,2-6,9H2,1H3,(H2,16,18). The van der Waals surface area contributed by atoms with Crippen LogP contribution in [0.2, 0.25) is 0 Å². The molecular formula is C14H19BrN4. The lowest BCUT2D eigenvalue weighted by atomic mass is 9.83. The molecule has 1 aliphatic rings. The van der Waals surface area contributed by atoms with Crippen molar-refractivity contribution in [1.82, 2.24) is 14.5 Å². The van der Waals surface area contributed by atoms with Crippen LogP contribution in [0.5, 0.6) is 0 Å². The van der Waals surface area contributed by atoms with E-state index in [1.54, 1.807) is 0 Å². The largest absolute Gasteiger partial charge is 0.369 e. The van der Waals surface area contributed by atoms with Gasteiger partial charge in [0.15, 0.2) is 5.65 Å². The second kappa shape index (κ2) is 4.78. The first-order valence-electron chi connectivity index (χ1n) is 6.91. The van der Waals surface area contributed by atoms with Crippen LogP contribution >= 0.6 is 15.9 Å². The predicted molar refractivity (Wildman–Crippen MR) is 80.8 cm³/mol. The first-order valence-corrected chi connectivity index (χ1v) is 7.70. The highest BCUT2D eigenvalue weighted by atomic mass is 79.9. The number of hydrogen-bond acceptors (Lipinski definition) is 3. The number of nitrogen functional groups attached to an aromatic ring is 1. The Bertz CT molecular complexity index is 599. The minimum atomic E-state index is 0.385. The Morgan fingerprint density at radius 2 is 2.16 bits per heavy atom. The maximum absolute atomic E-state index is 6.09. The molecule has 2 aromatic rings. The van der Waals surface area contributed by atoms with Crippen LogP contribution in [-0.2, 0) is 6.54 Å². The molecule has 2 N–H and O–H groups in total. The number of pyridine rings is 1. The quantitative estimate of drug-likeness (QED) is 0.936. The molecule has 2 aromatic heterocycles. The summed E-state index contributed by atoms with van der Waals surface area (Å²) in [5, 5.41) is 0. The molecule has 1 aliphatic carbocycles. The van der Waals surface area contributed by atoms with Gasteiger partial charge < -0.3 is 5.73 Å². The SMILES string of the molecule is CCC1(Cn2c(N)nc3cc(Br)cnc32)CCCC1. The minimum Gasteiger partial charge on any atom is -0.369 e. The third-order valence-corrected chi connectivity index (χ3v) is 4.92. The molecule has 0 saturated heterocycles. The summed E-state index contributed by atoms with van der Waals surface area (Å²) in [6.07, 6.45) is 8.26. The van der Waals surface area contributed by atoms with Crippen molar-refractivity contribution in [3.63, 3.8) is 0 Å². The lowest BCUT2D eigenvalue weighted by Gasteiger charge is -2.28. The van der Waals surface area contributed by atoms with Crippen LogP contribution in [0.3, 0.4) is 0 Å². The van der Waals surface area contributed by atoms with Crippen LogP contribution in [-0.4, -0.2) is 14.5 Å². The van der Waals surface area contributed by atoms with E-state index in [-0.39, 0.29) is 0 Å². The normalized spacial score (nSPS) is 18.2. The van der Waals surface area contributed by atoms with Crippen molar-refractivity contribution in [2.75, 3.05) is 5.73 Å². The van der Waals surface area contributed by atoms with Gasteiger partial charge in [0.2, 0.25) is 5.95 Å². The molecule has 5 heteroatoms. The number of nitrogens with zero attached hydrogens (tertiary/aromatic N) is 3. The fourth-order valence-electron chi connectivity index (χ4n) is 3.24. The van der Waals surface area contributed by atoms with Crippen LogP contribution < -0.4 is 5.73 Å². The van der Waals surface area contributed by atoms with Gasteiger partial charge in [0.25, 0.3) is 0 Å². The highest BCUT2D eigenvalue weighted by Crippen LogP contribution is 2.43. The molecule has 0 spiro atoms. The van der Waals surface area contributed by atoms with Crippen LogP contribution in [0.1, 0.15) is 39.0 Å². The summed E-state index contributed by atoms with van der Waals surface area (Å²) in [4.78, 5) is 8.91. The van der Waals surface area contributed by atoms with E-state index in [0.29, 0.717) is 11.4 Å². The van der Waals surface area contributed by atoms with Crippen LogP contribution in [0.4, 0.5) is 5.95 Å². The van der Waals surface area contributed by atoms with Crippen LogP contribution in [0, 0.1) is 5.41 Å². The van der Waals surface area contributed by atoms with Gasteiger partial charge in [-0.25, -0.2) is 9.97 Å². The van der Waals surface area contributed by atoms with Crippen molar-refractivity contribution < 1.29 is 0 Å². The van der Waals surface area contributed by atoms with E-state index in [9.17, 15) is 0 Å². The topological polar surface area (TPSA) is 56.7 Å². The fraction of sp³-hybridized carbons (Fsp3) is 0.571. The van der Waals surface area contributed by atoms with Gasteiger partial charge >= 0.3 is 0 Å². The number of anilines is 1. The minimum absolute atomic E-state index is 0.385. The van der Waals surface area contributed by atoms with Gasteiger partial charge in [0, 0.05) is 17.2 Å². The van der Waals surface area contributed by atoms with Gasteiger partial charge in [0.05, 0.1) is 0 Å². The maximum atomic E-state index is 6.09. The van der Waals surface area contributed by atoms with Gasteiger partial charge in [-0.05, 0) is 46.7 Å². The number of aromatic nitrogens is 3. The molecule has 0 aliphatic heterocycles. The van der Waals surface area contributed by atoms with Gasteiger partial charge in [-0.2, -0.15) is 0 Å². The Morgan fingerprint density at radius 1 is 1.42 bits per heavy atom. The molecule has 3 rings (SSSR count). The van der Waals surface area contributed by atoms with Crippen molar-refractivity contribution in [2.45, 2.75) is 45.6 Å². The number of fused-ring (bicyclic) bond motifs is 1.